The second-order valence-electron chi connectivity index (χ2n) is 11.6. The zero-order valence-electron chi connectivity index (χ0n) is 24.2. The summed E-state index contributed by atoms with van der Waals surface area (Å²) < 4.78 is 1.31. The van der Waals surface area contributed by atoms with Crippen LogP contribution in [0.5, 0.6) is 0 Å². The van der Waals surface area contributed by atoms with Crippen LogP contribution in [-0.4, -0.2) is 24.1 Å². The van der Waals surface area contributed by atoms with Crippen LogP contribution in [0.1, 0.15) is 148 Å². The third kappa shape index (κ3) is 15.2. The van der Waals surface area contributed by atoms with Crippen molar-refractivity contribution < 1.29 is 4.48 Å². The molecule has 0 aliphatic carbocycles. The molecule has 1 heteroatoms. The number of aryl methyl sites for hydroxylation is 1. The van der Waals surface area contributed by atoms with Crippen molar-refractivity contribution >= 4 is 0 Å². The van der Waals surface area contributed by atoms with Gasteiger partial charge in [0.25, 0.3) is 0 Å². The average molecular weight is 473 g/mol. The quantitative estimate of drug-likeness (QED) is 0.110. The van der Waals surface area contributed by atoms with Crippen molar-refractivity contribution in [3.8, 4) is 0 Å². The van der Waals surface area contributed by atoms with Crippen LogP contribution in [0.15, 0.2) is 24.3 Å². The second-order valence-corrected chi connectivity index (χ2v) is 11.6. The molecule has 0 aliphatic heterocycles. The molecule has 1 aromatic rings. The first-order valence-electron chi connectivity index (χ1n) is 15.5. The Morgan fingerprint density at radius 1 is 0.529 bits per heavy atom. The van der Waals surface area contributed by atoms with Gasteiger partial charge in [-0.1, -0.05) is 136 Å². The molecule has 0 fully saturated rings. The number of hydrogen-bond donors (Lipinski definition) is 0. The molecule has 0 spiro atoms. The molecule has 0 N–H and O–H groups in total. The Balaban J connectivity index is 2.66. The van der Waals surface area contributed by atoms with Gasteiger partial charge in [-0.15, -0.1) is 0 Å². The number of rotatable bonds is 23. The Morgan fingerprint density at radius 2 is 0.912 bits per heavy atom. The van der Waals surface area contributed by atoms with E-state index in [2.05, 4.69) is 58.9 Å². The smallest absolute Gasteiger partial charge is 0.104 e. The topological polar surface area (TPSA) is 0 Å². The fourth-order valence-corrected chi connectivity index (χ4v) is 5.72. The summed E-state index contributed by atoms with van der Waals surface area (Å²) in [4.78, 5) is 0. The minimum absolute atomic E-state index is 0.762. The number of nitrogens with zero attached hydrogens (tertiary/aromatic N) is 1. The molecule has 1 nitrogen and oxygen atoms in total. The minimum Gasteiger partial charge on any atom is -0.320 e. The third-order valence-electron chi connectivity index (χ3n) is 7.67. The predicted molar refractivity (Wildman–Crippen MR) is 154 cm³/mol. The summed E-state index contributed by atoms with van der Waals surface area (Å²) in [5.74, 6) is 0.762. The van der Waals surface area contributed by atoms with Gasteiger partial charge in [0.15, 0.2) is 0 Å². The molecule has 0 aromatic heterocycles. The van der Waals surface area contributed by atoms with E-state index in [0.29, 0.717) is 0 Å². The van der Waals surface area contributed by atoms with Crippen molar-refractivity contribution in [1.82, 2.24) is 0 Å². The van der Waals surface area contributed by atoms with Gasteiger partial charge in [0.05, 0.1) is 19.6 Å². The van der Waals surface area contributed by atoms with E-state index in [9.17, 15) is 0 Å². The van der Waals surface area contributed by atoms with Crippen LogP contribution >= 0.6 is 0 Å². The Labute approximate surface area is 215 Å². The normalized spacial score (nSPS) is 12.1. The molecule has 0 saturated carbocycles. The van der Waals surface area contributed by atoms with Crippen LogP contribution in [0.4, 0.5) is 0 Å². The molecule has 0 saturated heterocycles. The largest absolute Gasteiger partial charge is 0.320 e. The first kappa shape index (κ1) is 31.2. The summed E-state index contributed by atoms with van der Waals surface area (Å²) in [6, 6.07) is 9.58. The second kappa shape index (κ2) is 20.4. The molecule has 1 rings (SSSR count). The van der Waals surface area contributed by atoms with Gasteiger partial charge in [0, 0.05) is 11.5 Å². The van der Waals surface area contributed by atoms with E-state index in [1.165, 1.54) is 139 Å². The van der Waals surface area contributed by atoms with Gasteiger partial charge in [-0.2, -0.15) is 0 Å². The van der Waals surface area contributed by atoms with Gasteiger partial charge < -0.3 is 4.48 Å². The van der Waals surface area contributed by atoms with Crippen LogP contribution in [0, 0.1) is 5.92 Å². The van der Waals surface area contributed by atoms with Crippen LogP contribution in [0.3, 0.4) is 0 Å². The van der Waals surface area contributed by atoms with Gasteiger partial charge in [-0.05, 0) is 37.7 Å². The van der Waals surface area contributed by atoms with E-state index in [4.69, 9.17) is 0 Å². The van der Waals surface area contributed by atoms with E-state index in [1.54, 1.807) is 5.56 Å². The van der Waals surface area contributed by atoms with E-state index < -0.39 is 0 Å². The first-order chi connectivity index (χ1) is 16.5. The highest BCUT2D eigenvalue weighted by molar-refractivity contribution is 5.21. The minimum atomic E-state index is 0.762. The van der Waals surface area contributed by atoms with Crippen molar-refractivity contribution in [2.24, 2.45) is 5.92 Å². The molecule has 0 heterocycles. The van der Waals surface area contributed by atoms with Gasteiger partial charge in [-0.3, -0.25) is 0 Å². The highest BCUT2D eigenvalue weighted by atomic mass is 15.3. The summed E-state index contributed by atoms with van der Waals surface area (Å²) in [6.07, 6.45) is 23.9. The Morgan fingerprint density at radius 3 is 1.29 bits per heavy atom. The molecule has 0 atom stereocenters. The van der Waals surface area contributed by atoms with Gasteiger partial charge in [0.2, 0.25) is 0 Å². The van der Waals surface area contributed by atoms with E-state index in [0.717, 1.165) is 12.3 Å². The van der Waals surface area contributed by atoms with E-state index in [1.807, 2.05) is 0 Å². The Hall–Kier alpha value is -0.820. The summed E-state index contributed by atoms with van der Waals surface area (Å²) in [5, 5.41) is 0. The molecule has 0 aliphatic rings. The SMILES string of the molecule is CCCCCCCCCC[N+](CCCCCCCCCC)(Cc1ccc(CC)cc1)CC(C)C. The zero-order chi connectivity index (χ0) is 24.9. The number of quaternary nitrogens is 1. The zero-order valence-corrected chi connectivity index (χ0v) is 24.2. The number of unbranched alkanes of at least 4 members (excludes halogenated alkanes) is 14. The lowest BCUT2D eigenvalue weighted by Crippen LogP contribution is -2.51. The highest BCUT2D eigenvalue weighted by Crippen LogP contribution is 2.23. The number of benzene rings is 1. The van der Waals surface area contributed by atoms with Gasteiger partial charge in [-0.25, -0.2) is 0 Å². The van der Waals surface area contributed by atoms with Crippen LogP contribution in [0.25, 0.3) is 0 Å². The molecule has 0 bridgehead atoms. The molecule has 0 radical (unpaired) electrons. The lowest BCUT2D eigenvalue weighted by atomic mass is 10.0. The maximum Gasteiger partial charge on any atom is 0.104 e. The maximum atomic E-state index is 2.44. The molecular formula is C33H62N+. The fraction of sp³-hybridized carbons (Fsp3) is 0.818. The van der Waals surface area contributed by atoms with Crippen molar-refractivity contribution in [3.05, 3.63) is 35.4 Å². The molecular weight excluding hydrogens is 410 g/mol. The fourth-order valence-electron chi connectivity index (χ4n) is 5.72. The monoisotopic (exact) mass is 472 g/mol. The number of hydrogen-bond acceptors (Lipinski definition) is 0. The molecule has 1 aromatic carbocycles. The van der Waals surface area contributed by atoms with Crippen molar-refractivity contribution in [3.63, 3.8) is 0 Å². The summed E-state index contributed by atoms with van der Waals surface area (Å²) >= 11 is 0. The predicted octanol–water partition coefficient (Wildman–Crippen LogP) is 10.5. The van der Waals surface area contributed by atoms with E-state index >= 15 is 0 Å². The molecule has 0 unspecified atom stereocenters. The van der Waals surface area contributed by atoms with Crippen LogP contribution in [0.2, 0.25) is 0 Å². The van der Waals surface area contributed by atoms with E-state index in [-0.39, 0.29) is 0 Å². The molecule has 198 valence electrons. The maximum absolute atomic E-state index is 2.44. The standard InChI is InChI=1S/C33H62N/c1-6-9-11-13-15-17-19-21-27-34(29-31(4)5,28-22-20-18-16-14-12-10-7-2)30-33-25-23-32(8-3)24-26-33/h23-26,31H,6-22,27-30H2,1-5H3/q+1. The van der Waals surface area contributed by atoms with Crippen molar-refractivity contribution in [2.75, 3.05) is 19.6 Å². The third-order valence-corrected chi connectivity index (χ3v) is 7.67. The summed E-state index contributed by atoms with van der Waals surface area (Å²) in [5.41, 5.74) is 3.02. The molecule has 0 amide bonds. The van der Waals surface area contributed by atoms with Crippen LogP contribution < -0.4 is 0 Å². The van der Waals surface area contributed by atoms with Crippen LogP contribution in [-0.2, 0) is 13.0 Å². The lowest BCUT2D eigenvalue weighted by molar-refractivity contribution is -0.944. The Kier molecular flexibility index (Phi) is 18.7. The lowest BCUT2D eigenvalue weighted by Gasteiger charge is -2.41. The summed E-state index contributed by atoms with van der Waals surface area (Å²) in [7, 11) is 0. The average Bonchev–Trinajstić information content (AvgIpc) is 2.82. The summed E-state index contributed by atoms with van der Waals surface area (Å²) in [6.45, 7) is 17.1. The van der Waals surface area contributed by atoms with Gasteiger partial charge >= 0.3 is 0 Å². The first-order valence-corrected chi connectivity index (χ1v) is 15.5. The van der Waals surface area contributed by atoms with Crippen molar-refractivity contribution in [2.45, 2.75) is 150 Å². The molecule has 34 heavy (non-hydrogen) atoms. The van der Waals surface area contributed by atoms with Gasteiger partial charge in [0.1, 0.15) is 6.54 Å². The Bertz CT molecular complexity index is 538. The van der Waals surface area contributed by atoms with Crippen molar-refractivity contribution in [1.29, 1.82) is 0 Å². The highest BCUT2D eigenvalue weighted by Gasteiger charge is 2.28.